The van der Waals surface area contributed by atoms with Gasteiger partial charge in [0.15, 0.2) is 0 Å². The Hall–Kier alpha value is -6.94. The fourth-order valence-corrected chi connectivity index (χ4v) is 9.02. The molecule has 0 unspecified atom stereocenters. The zero-order valence-corrected chi connectivity index (χ0v) is 37.5. The Bertz CT molecular complexity index is 2700. The van der Waals surface area contributed by atoms with Crippen LogP contribution in [0.4, 0.5) is 9.59 Å². The van der Waals surface area contributed by atoms with Gasteiger partial charge in [-0.25, -0.2) is 19.6 Å². The van der Waals surface area contributed by atoms with Crippen LogP contribution in [-0.2, 0) is 30.4 Å². The van der Waals surface area contributed by atoms with E-state index < -0.39 is 30.3 Å². The van der Waals surface area contributed by atoms with Gasteiger partial charge in [0.25, 0.3) is 5.91 Å². The van der Waals surface area contributed by atoms with Gasteiger partial charge < -0.3 is 49.8 Å². The maximum absolute atomic E-state index is 14.3. The molecule has 0 bridgehead atoms. The molecular formula is C49H56N8O8. The number of ether oxygens (including phenoxy) is 4. The lowest BCUT2D eigenvalue weighted by Gasteiger charge is -2.28. The monoisotopic (exact) mass is 884 g/mol. The van der Waals surface area contributed by atoms with Gasteiger partial charge in [-0.1, -0.05) is 82.1 Å². The molecule has 340 valence electrons. The van der Waals surface area contributed by atoms with E-state index in [0.29, 0.717) is 49.8 Å². The Labute approximate surface area is 377 Å². The molecule has 1 fully saturated rings. The number of H-pyrrole nitrogens is 2. The number of alkyl carbamates (subject to hydrolysis) is 2. The highest BCUT2D eigenvalue weighted by Crippen LogP contribution is 2.43. The third-order valence-corrected chi connectivity index (χ3v) is 12.4. The van der Waals surface area contributed by atoms with E-state index in [2.05, 4.69) is 63.2 Å². The molecule has 0 saturated carbocycles. The van der Waals surface area contributed by atoms with Crippen molar-refractivity contribution < 1.29 is 38.1 Å². The smallest absolute Gasteiger partial charge is 0.407 e. The van der Waals surface area contributed by atoms with Gasteiger partial charge in [0.2, 0.25) is 5.91 Å². The lowest BCUT2D eigenvalue weighted by molar-refractivity contribution is -0.134. The second kappa shape index (κ2) is 19.4. The van der Waals surface area contributed by atoms with Crippen molar-refractivity contribution in [2.24, 2.45) is 11.8 Å². The molecule has 5 N–H and O–H groups in total. The first-order valence-corrected chi connectivity index (χ1v) is 22.1. The maximum atomic E-state index is 14.3. The van der Waals surface area contributed by atoms with Gasteiger partial charge >= 0.3 is 12.2 Å². The molecule has 16 heteroatoms. The summed E-state index contributed by atoms with van der Waals surface area (Å²) in [5, 5.41) is 10.5. The van der Waals surface area contributed by atoms with E-state index in [9.17, 15) is 19.2 Å². The lowest BCUT2D eigenvalue weighted by atomic mass is 9.92. The minimum atomic E-state index is -0.949. The van der Waals surface area contributed by atoms with E-state index in [-0.39, 0.29) is 29.7 Å². The molecule has 6 aromatic rings. The van der Waals surface area contributed by atoms with E-state index in [0.717, 1.165) is 68.3 Å². The molecule has 4 aromatic carbocycles. The van der Waals surface area contributed by atoms with Crippen molar-refractivity contribution in [1.82, 2.24) is 40.8 Å². The Kier molecular flexibility index (Phi) is 13.4. The molecule has 4 heterocycles. The zero-order chi connectivity index (χ0) is 45.8. The fraction of sp³-hybridized carbons (Fsp3) is 0.388. The van der Waals surface area contributed by atoms with Gasteiger partial charge in [0.05, 0.1) is 49.6 Å². The molecule has 2 aliphatic rings. The summed E-state index contributed by atoms with van der Waals surface area (Å²) in [6.45, 7) is 7.10. The second-order valence-corrected chi connectivity index (χ2v) is 17.1. The average molecular weight is 885 g/mol. The molecule has 0 spiro atoms. The van der Waals surface area contributed by atoms with Crippen LogP contribution in [0.25, 0.3) is 44.2 Å². The highest BCUT2D eigenvalue weighted by Gasteiger charge is 2.41. The van der Waals surface area contributed by atoms with E-state index in [4.69, 9.17) is 28.9 Å². The second-order valence-electron chi connectivity index (χ2n) is 17.1. The Balaban J connectivity index is 1.05. The molecule has 2 aliphatic heterocycles. The number of nitrogens with one attached hydrogen (secondary N) is 5. The van der Waals surface area contributed by atoms with Crippen molar-refractivity contribution in [2.45, 2.75) is 77.2 Å². The van der Waals surface area contributed by atoms with Crippen LogP contribution in [0, 0.1) is 11.8 Å². The van der Waals surface area contributed by atoms with E-state index in [1.807, 2.05) is 62.5 Å². The van der Waals surface area contributed by atoms with Crippen molar-refractivity contribution in [3.8, 4) is 28.1 Å². The number of hydrogen-bond donors (Lipinski definition) is 5. The van der Waals surface area contributed by atoms with Crippen LogP contribution < -0.4 is 20.7 Å². The molecule has 4 amide bonds. The van der Waals surface area contributed by atoms with Crippen molar-refractivity contribution in [2.75, 3.05) is 34.5 Å². The van der Waals surface area contributed by atoms with Crippen molar-refractivity contribution in [3.05, 3.63) is 102 Å². The SMILES string of the molecule is CCCC[C@H](NC(=O)[C@@H](NC(=O)OC)C(C)C)c1nc2ccc3cc4c(cc3c2[nH]1)OCc1cc(-c2c[nH]c([C@@H]3C[C@H](COC)CN3C(=O)[C@H](NC(=O)OC)c3ccccc3)n2)ccc1-4. The Morgan fingerprint density at radius 3 is 2.43 bits per heavy atom. The molecule has 0 aliphatic carbocycles. The van der Waals surface area contributed by atoms with Crippen molar-refractivity contribution >= 4 is 45.8 Å². The number of hydrogen-bond acceptors (Lipinski definition) is 10. The maximum Gasteiger partial charge on any atom is 0.407 e. The van der Waals surface area contributed by atoms with Crippen LogP contribution in [0.15, 0.2) is 79.0 Å². The summed E-state index contributed by atoms with van der Waals surface area (Å²) < 4.78 is 21.6. The summed E-state index contributed by atoms with van der Waals surface area (Å²) in [5.41, 5.74) is 6.92. The van der Waals surface area contributed by atoms with Crippen LogP contribution in [0.5, 0.6) is 5.75 Å². The van der Waals surface area contributed by atoms with Crippen LogP contribution >= 0.6 is 0 Å². The highest BCUT2D eigenvalue weighted by molar-refractivity contribution is 6.07. The van der Waals surface area contributed by atoms with Crippen molar-refractivity contribution in [3.63, 3.8) is 0 Å². The quantitative estimate of drug-likeness (QED) is 0.0672. The molecule has 2 aromatic heterocycles. The predicted molar refractivity (Wildman–Crippen MR) is 245 cm³/mol. The number of aromatic amines is 2. The van der Waals surface area contributed by atoms with E-state index >= 15 is 0 Å². The number of rotatable bonds is 15. The van der Waals surface area contributed by atoms with Crippen LogP contribution in [0.1, 0.15) is 87.4 Å². The molecule has 65 heavy (non-hydrogen) atoms. The standard InChI is InChI=1S/C49H56N8O8/c1-7-8-14-37(53-46(58)41(27(2)3)55-48(60)63-5)44-51-36-18-16-30-21-35-33-17-15-31(20-32(33)26-65-40(35)22-34(30)43(36)54-44)38-23-50-45(52-38)39-19-28(25-62-4)24-57(39)47(59)42(56-49(61)64-6)29-12-10-9-11-13-29/h9-13,15-18,20-23,27-28,37,39,41-42H,7-8,14,19,24-26H2,1-6H3,(H,50,52)(H,51,54)(H,53,58)(H,55,60)(H,56,61)/t28-,37-,39-,41-,42+/m0/s1. The first-order chi connectivity index (χ1) is 31.5. The summed E-state index contributed by atoms with van der Waals surface area (Å²) in [6.07, 6.45) is 3.60. The van der Waals surface area contributed by atoms with E-state index in [1.165, 1.54) is 14.2 Å². The molecule has 16 nitrogen and oxygen atoms in total. The van der Waals surface area contributed by atoms with Gasteiger partial charge in [-0.2, -0.15) is 0 Å². The largest absolute Gasteiger partial charge is 0.488 e. The first-order valence-electron chi connectivity index (χ1n) is 22.1. The summed E-state index contributed by atoms with van der Waals surface area (Å²) in [7, 11) is 4.20. The average Bonchev–Trinajstić information content (AvgIpc) is 4.10. The zero-order valence-electron chi connectivity index (χ0n) is 37.5. The van der Waals surface area contributed by atoms with Gasteiger partial charge in [-0.3, -0.25) is 9.59 Å². The minimum absolute atomic E-state index is 0.0664. The number of benzene rings is 4. The number of carbonyl (C=O) groups is 4. The predicted octanol–water partition coefficient (Wildman–Crippen LogP) is 8.03. The van der Waals surface area contributed by atoms with Crippen LogP contribution in [-0.4, -0.2) is 89.4 Å². The molecule has 8 rings (SSSR count). The third-order valence-electron chi connectivity index (χ3n) is 12.4. The highest BCUT2D eigenvalue weighted by atomic mass is 16.5. The number of imidazole rings is 2. The lowest BCUT2D eigenvalue weighted by Crippen LogP contribution is -2.50. The summed E-state index contributed by atoms with van der Waals surface area (Å²) >= 11 is 0. The number of fused-ring (bicyclic) bond motifs is 6. The summed E-state index contributed by atoms with van der Waals surface area (Å²) in [4.78, 5) is 71.0. The Morgan fingerprint density at radius 1 is 0.908 bits per heavy atom. The number of amides is 4. The van der Waals surface area contributed by atoms with E-state index in [1.54, 1.807) is 12.0 Å². The van der Waals surface area contributed by atoms with Gasteiger partial charge in [-0.15, -0.1) is 0 Å². The topological polar surface area (TPSA) is 202 Å². The molecular weight excluding hydrogens is 829 g/mol. The van der Waals surface area contributed by atoms with Crippen LogP contribution in [0.2, 0.25) is 0 Å². The number of likely N-dealkylation sites (tertiary alicyclic amines) is 1. The third kappa shape index (κ3) is 9.34. The number of carbonyl (C=O) groups excluding carboxylic acids is 4. The summed E-state index contributed by atoms with van der Waals surface area (Å²) in [6, 6.07) is 21.1. The number of methoxy groups -OCH3 is 3. The normalized spacial score (nSPS) is 16.9. The number of nitrogens with zero attached hydrogens (tertiary/aromatic N) is 3. The Morgan fingerprint density at radius 2 is 1.69 bits per heavy atom. The molecule has 1 saturated heterocycles. The van der Waals surface area contributed by atoms with Gasteiger partial charge in [0, 0.05) is 42.3 Å². The van der Waals surface area contributed by atoms with Crippen molar-refractivity contribution in [1.29, 1.82) is 0 Å². The molecule has 5 atom stereocenters. The number of unbranched alkanes of at least 4 members (excludes halogenated alkanes) is 1. The number of aromatic nitrogens is 4. The van der Waals surface area contributed by atoms with Gasteiger partial charge in [-0.05, 0) is 65.1 Å². The molecule has 0 radical (unpaired) electrons. The first kappa shape index (κ1) is 44.7. The summed E-state index contributed by atoms with van der Waals surface area (Å²) in [5.74, 6) is 1.37. The fourth-order valence-electron chi connectivity index (χ4n) is 9.02. The van der Waals surface area contributed by atoms with Gasteiger partial charge in [0.1, 0.15) is 36.1 Å². The van der Waals surface area contributed by atoms with Crippen LogP contribution in [0.3, 0.4) is 0 Å². The minimum Gasteiger partial charge on any atom is -0.488 e.